The summed E-state index contributed by atoms with van der Waals surface area (Å²) in [4.78, 5) is 13.1. The van der Waals surface area contributed by atoms with Gasteiger partial charge in [0.05, 0.1) is 5.69 Å². The van der Waals surface area contributed by atoms with E-state index in [4.69, 9.17) is 5.11 Å². The van der Waals surface area contributed by atoms with Gasteiger partial charge < -0.3 is 14.7 Å². The molecular formula is C14H13N3O4S. The van der Waals surface area contributed by atoms with Crippen molar-refractivity contribution in [3.8, 4) is 0 Å². The molecule has 114 valence electrons. The number of rotatable bonds is 4. The number of H-pyrrole nitrogens is 1. The Morgan fingerprint density at radius 2 is 2.05 bits per heavy atom. The number of aryl methyl sites for hydroxylation is 1. The molecule has 0 unspecified atom stereocenters. The predicted octanol–water partition coefficient (Wildman–Crippen LogP) is 2.01. The fourth-order valence-electron chi connectivity index (χ4n) is 2.19. The lowest BCUT2D eigenvalue weighted by Crippen LogP contribution is -2.12. The number of hydrogen-bond donors (Lipinski definition) is 3. The number of anilines is 1. The highest BCUT2D eigenvalue weighted by Crippen LogP contribution is 2.22. The Hall–Kier alpha value is -2.74. The molecule has 0 bridgehead atoms. The zero-order valence-electron chi connectivity index (χ0n) is 11.6. The van der Waals surface area contributed by atoms with Crippen LogP contribution in [0.4, 0.5) is 5.69 Å². The van der Waals surface area contributed by atoms with Crippen molar-refractivity contribution in [3.05, 3.63) is 48.4 Å². The number of benzene rings is 1. The zero-order valence-corrected chi connectivity index (χ0v) is 12.4. The number of nitrogens with zero attached hydrogens (tertiary/aromatic N) is 1. The zero-order chi connectivity index (χ0) is 15.9. The Bertz CT molecular complexity index is 969. The van der Waals surface area contributed by atoms with E-state index in [1.54, 1.807) is 12.1 Å². The number of nitrogens with one attached hydrogen (secondary N) is 2. The molecule has 1 aromatic carbocycles. The van der Waals surface area contributed by atoms with Gasteiger partial charge in [0, 0.05) is 25.0 Å². The number of aromatic carboxylic acids is 1. The molecule has 3 aromatic rings. The maximum absolute atomic E-state index is 12.3. The molecule has 0 spiro atoms. The minimum absolute atomic E-state index is 0.128. The van der Waals surface area contributed by atoms with Gasteiger partial charge in [-0.3, -0.25) is 4.72 Å². The summed E-state index contributed by atoms with van der Waals surface area (Å²) < 4.78 is 28.9. The molecule has 0 saturated heterocycles. The number of hydrogen-bond acceptors (Lipinski definition) is 3. The van der Waals surface area contributed by atoms with Crippen molar-refractivity contribution in [2.75, 3.05) is 4.72 Å². The summed E-state index contributed by atoms with van der Waals surface area (Å²) in [5.74, 6) is -1.22. The van der Waals surface area contributed by atoms with Gasteiger partial charge in [0.1, 0.15) is 10.6 Å². The average Bonchev–Trinajstić information content (AvgIpc) is 3.07. The van der Waals surface area contributed by atoms with Gasteiger partial charge in [0.25, 0.3) is 10.0 Å². The number of carboxylic acid groups (broad SMARTS) is 1. The molecule has 3 N–H and O–H groups in total. The quantitative estimate of drug-likeness (QED) is 0.684. The molecule has 0 atom stereocenters. The lowest BCUT2D eigenvalue weighted by molar-refractivity contribution is 0.0691. The molecule has 0 radical (unpaired) electrons. The topological polar surface area (TPSA) is 104 Å². The van der Waals surface area contributed by atoms with Crippen LogP contribution in [0.15, 0.2) is 47.6 Å². The second-order valence-electron chi connectivity index (χ2n) is 4.86. The summed E-state index contributed by atoms with van der Waals surface area (Å²) in [5.41, 5.74) is 1.12. The third-order valence-corrected chi connectivity index (χ3v) is 4.70. The van der Waals surface area contributed by atoms with Gasteiger partial charge in [-0.2, -0.15) is 0 Å². The molecule has 0 fully saturated rings. The van der Waals surface area contributed by atoms with Crippen LogP contribution in [0.5, 0.6) is 0 Å². The van der Waals surface area contributed by atoms with Crippen molar-refractivity contribution in [2.45, 2.75) is 4.90 Å². The second kappa shape index (κ2) is 4.92. The molecule has 0 saturated carbocycles. The normalized spacial score (nSPS) is 11.7. The van der Waals surface area contributed by atoms with E-state index in [1.165, 1.54) is 0 Å². The van der Waals surface area contributed by atoms with Crippen LogP contribution >= 0.6 is 0 Å². The van der Waals surface area contributed by atoms with E-state index < -0.39 is 16.0 Å². The fourth-order valence-corrected chi connectivity index (χ4v) is 3.24. The summed E-state index contributed by atoms with van der Waals surface area (Å²) in [6.07, 6.45) is 3.03. The van der Waals surface area contributed by atoms with Crippen LogP contribution in [-0.2, 0) is 17.1 Å². The van der Waals surface area contributed by atoms with Gasteiger partial charge >= 0.3 is 5.97 Å². The van der Waals surface area contributed by atoms with Crippen molar-refractivity contribution in [2.24, 2.45) is 7.05 Å². The summed E-state index contributed by atoms with van der Waals surface area (Å²) in [6, 6.07) is 8.19. The van der Waals surface area contributed by atoms with Gasteiger partial charge in [0.15, 0.2) is 0 Å². The predicted molar refractivity (Wildman–Crippen MR) is 81.5 cm³/mol. The average molecular weight is 319 g/mol. The van der Waals surface area contributed by atoms with Crippen LogP contribution in [0.3, 0.4) is 0 Å². The van der Waals surface area contributed by atoms with E-state index >= 15 is 0 Å². The van der Waals surface area contributed by atoms with Crippen LogP contribution in [0.2, 0.25) is 0 Å². The SMILES string of the molecule is Cn1ccc2ccc(NS(=O)(=O)c3c[nH]c(C(=O)O)c3)cc21. The first kappa shape index (κ1) is 14.2. The number of sulfonamides is 1. The van der Waals surface area contributed by atoms with Crippen LogP contribution in [-0.4, -0.2) is 29.0 Å². The first-order chi connectivity index (χ1) is 10.4. The van der Waals surface area contributed by atoms with E-state index in [-0.39, 0.29) is 10.6 Å². The lowest BCUT2D eigenvalue weighted by Gasteiger charge is -2.07. The highest BCUT2D eigenvalue weighted by Gasteiger charge is 2.18. The molecule has 0 aliphatic carbocycles. The minimum atomic E-state index is -3.84. The Morgan fingerprint density at radius 3 is 2.73 bits per heavy atom. The molecule has 0 amide bonds. The number of fused-ring (bicyclic) bond motifs is 1. The first-order valence-corrected chi connectivity index (χ1v) is 7.85. The molecule has 2 heterocycles. The highest BCUT2D eigenvalue weighted by atomic mass is 32.2. The monoisotopic (exact) mass is 319 g/mol. The third-order valence-electron chi connectivity index (χ3n) is 3.34. The number of carboxylic acids is 1. The van der Waals surface area contributed by atoms with E-state index in [1.807, 2.05) is 29.9 Å². The molecule has 0 aliphatic heterocycles. The molecule has 0 aliphatic rings. The molecular weight excluding hydrogens is 306 g/mol. The van der Waals surface area contributed by atoms with E-state index in [9.17, 15) is 13.2 Å². The van der Waals surface area contributed by atoms with Crippen molar-refractivity contribution in [3.63, 3.8) is 0 Å². The van der Waals surface area contributed by atoms with Crippen molar-refractivity contribution in [1.29, 1.82) is 0 Å². The summed E-state index contributed by atoms with van der Waals surface area (Å²) in [5, 5.41) is 9.83. The third kappa shape index (κ3) is 2.44. The summed E-state index contributed by atoms with van der Waals surface area (Å²) in [7, 11) is -1.98. The first-order valence-electron chi connectivity index (χ1n) is 6.36. The smallest absolute Gasteiger partial charge is 0.352 e. The molecule has 8 heteroatoms. The highest BCUT2D eigenvalue weighted by molar-refractivity contribution is 7.92. The van der Waals surface area contributed by atoms with Crippen LogP contribution in [0.1, 0.15) is 10.5 Å². The minimum Gasteiger partial charge on any atom is -0.477 e. The van der Waals surface area contributed by atoms with Crippen molar-refractivity contribution < 1.29 is 18.3 Å². The lowest BCUT2D eigenvalue weighted by atomic mass is 10.2. The molecule has 3 rings (SSSR count). The van der Waals surface area contributed by atoms with E-state index in [0.29, 0.717) is 5.69 Å². The van der Waals surface area contributed by atoms with Crippen LogP contribution < -0.4 is 4.72 Å². The molecule has 7 nitrogen and oxygen atoms in total. The van der Waals surface area contributed by atoms with Gasteiger partial charge in [-0.05, 0) is 29.7 Å². The van der Waals surface area contributed by atoms with Crippen molar-refractivity contribution >= 4 is 32.6 Å². The number of aromatic nitrogens is 2. The van der Waals surface area contributed by atoms with Gasteiger partial charge in [-0.15, -0.1) is 0 Å². The molecule has 22 heavy (non-hydrogen) atoms. The number of aromatic amines is 1. The summed E-state index contributed by atoms with van der Waals surface area (Å²) in [6.45, 7) is 0. The second-order valence-corrected chi connectivity index (χ2v) is 6.54. The number of carbonyl (C=O) groups is 1. The Labute approximate surface area is 126 Å². The Morgan fingerprint density at radius 1 is 1.27 bits per heavy atom. The fraction of sp³-hybridized carbons (Fsp3) is 0.0714. The Balaban J connectivity index is 1.94. The maximum atomic E-state index is 12.3. The van der Waals surface area contributed by atoms with Crippen molar-refractivity contribution in [1.82, 2.24) is 9.55 Å². The van der Waals surface area contributed by atoms with Gasteiger partial charge in [-0.1, -0.05) is 6.07 Å². The van der Waals surface area contributed by atoms with Gasteiger partial charge in [0.2, 0.25) is 0 Å². The van der Waals surface area contributed by atoms with E-state index in [2.05, 4.69) is 9.71 Å². The Kier molecular flexibility index (Phi) is 3.18. The summed E-state index contributed by atoms with van der Waals surface area (Å²) >= 11 is 0. The maximum Gasteiger partial charge on any atom is 0.352 e. The standard InChI is InChI=1S/C14H13N3O4S/c1-17-5-4-9-2-3-10(6-13(9)17)16-22(20,21)11-7-12(14(18)19)15-8-11/h2-8,15-16H,1H3,(H,18,19). The largest absolute Gasteiger partial charge is 0.477 e. The van der Waals surface area contributed by atoms with Crippen LogP contribution in [0.25, 0.3) is 10.9 Å². The molecule has 2 aromatic heterocycles. The van der Waals surface area contributed by atoms with E-state index in [0.717, 1.165) is 23.2 Å². The van der Waals surface area contributed by atoms with Gasteiger partial charge in [-0.25, -0.2) is 13.2 Å². The van der Waals surface area contributed by atoms with Crippen LogP contribution in [0, 0.1) is 0 Å².